The number of nitrogens with one attached hydrogen (secondary N) is 1. The number of hydrogen-bond donors (Lipinski definition) is 2. The Kier molecular flexibility index (Phi) is 5.33. The van der Waals surface area contributed by atoms with Gasteiger partial charge in [-0.3, -0.25) is 4.39 Å². The third kappa shape index (κ3) is 3.88. The number of unbranched alkanes of at least 4 members (excludes halogenated alkanes) is 1. The molecule has 0 spiro atoms. The number of nitrogens with two attached hydrogens (primary N) is 1. The molecule has 0 saturated carbocycles. The van der Waals surface area contributed by atoms with Gasteiger partial charge in [0.05, 0.1) is 17.7 Å². The molecule has 2 nitrogen and oxygen atoms in total. The lowest BCUT2D eigenvalue weighted by Gasteiger charge is -2.29. The van der Waals surface area contributed by atoms with Crippen molar-refractivity contribution >= 4 is 17.2 Å². The van der Waals surface area contributed by atoms with Crippen molar-refractivity contribution in [2.24, 2.45) is 11.7 Å². The van der Waals surface area contributed by atoms with E-state index in [0.29, 0.717) is 17.3 Å². The van der Waals surface area contributed by atoms with Gasteiger partial charge in [-0.15, -0.1) is 0 Å². The molecule has 1 saturated heterocycles. The van der Waals surface area contributed by atoms with E-state index in [1.165, 1.54) is 6.42 Å². The van der Waals surface area contributed by atoms with Crippen molar-refractivity contribution in [3.63, 3.8) is 0 Å². The Morgan fingerprint density at radius 2 is 2.29 bits per heavy atom. The standard InChI is InChI=1S/C10H19FN2S/c11-5-2-1-3-8-4-6-13-9(7-8)10(12)14/h8-9,13H,1-7H2,(H2,12,14). The van der Waals surface area contributed by atoms with Gasteiger partial charge >= 0.3 is 0 Å². The van der Waals surface area contributed by atoms with E-state index in [-0.39, 0.29) is 12.7 Å². The minimum Gasteiger partial charge on any atom is -0.392 e. The molecule has 1 fully saturated rings. The lowest BCUT2D eigenvalue weighted by molar-refractivity contribution is 0.313. The summed E-state index contributed by atoms with van der Waals surface area (Å²) in [5, 5.41) is 3.30. The molecule has 3 N–H and O–H groups in total. The molecule has 1 aliphatic heterocycles. The fourth-order valence-electron chi connectivity index (χ4n) is 2.00. The van der Waals surface area contributed by atoms with Crippen LogP contribution < -0.4 is 11.1 Å². The summed E-state index contributed by atoms with van der Waals surface area (Å²) < 4.78 is 11.9. The Bertz CT molecular complexity index is 187. The van der Waals surface area contributed by atoms with Crippen molar-refractivity contribution in [1.29, 1.82) is 0 Å². The van der Waals surface area contributed by atoms with Crippen LogP contribution in [0, 0.1) is 5.92 Å². The maximum absolute atomic E-state index is 11.9. The third-order valence-electron chi connectivity index (χ3n) is 2.85. The van der Waals surface area contributed by atoms with Gasteiger partial charge in [0, 0.05) is 0 Å². The summed E-state index contributed by atoms with van der Waals surface area (Å²) in [5.41, 5.74) is 5.59. The van der Waals surface area contributed by atoms with E-state index < -0.39 is 0 Å². The third-order valence-corrected chi connectivity index (χ3v) is 3.14. The molecule has 0 aromatic carbocycles. The van der Waals surface area contributed by atoms with Crippen molar-refractivity contribution in [3.8, 4) is 0 Å². The van der Waals surface area contributed by atoms with Gasteiger partial charge in [0.25, 0.3) is 0 Å². The van der Waals surface area contributed by atoms with Crippen LogP contribution in [0.5, 0.6) is 0 Å². The molecule has 0 bridgehead atoms. The summed E-state index contributed by atoms with van der Waals surface area (Å²) in [4.78, 5) is 0.570. The van der Waals surface area contributed by atoms with Crippen molar-refractivity contribution in [3.05, 3.63) is 0 Å². The first-order valence-electron chi connectivity index (χ1n) is 5.32. The molecule has 1 heterocycles. The molecule has 0 aromatic heterocycles. The van der Waals surface area contributed by atoms with Gasteiger partial charge in [-0.05, 0) is 31.7 Å². The van der Waals surface area contributed by atoms with Crippen LogP contribution in [0.2, 0.25) is 0 Å². The van der Waals surface area contributed by atoms with Crippen LogP contribution in [0.1, 0.15) is 32.1 Å². The Balaban J connectivity index is 2.22. The van der Waals surface area contributed by atoms with Crippen molar-refractivity contribution in [2.45, 2.75) is 38.1 Å². The second kappa shape index (κ2) is 6.30. The molecule has 0 aromatic rings. The molecule has 0 aliphatic carbocycles. The lowest BCUT2D eigenvalue weighted by Crippen LogP contribution is -2.45. The van der Waals surface area contributed by atoms with Crippen molar-refractivity contribution in [2.75, 3.05) is 13.2 Å². The first-order valence-corrected chi connectivity index (χ1v) is 5.73. The van der Waals surface area contributed by atoms with Crippen LogP contribution in [-0.2, 0) is 0 Å². The molecule has 1 rings (SSSR count). The van der Waals surface area contributed by atoms with Crippen molar-refractivity contribution < 1.29 is 4.39 Å². The quantitative estimate of drug-likeness (QED) is 0.546. The smallest absolute Gasteiger partial charge is 0.0899 e. The highest BCUT2D eigenvalue weighted by atomic mass is 32.1. The molecule has 82 valence electrons. The Morgan fingerprint density at radius 1 is 1.50 bits per heavy atom. The van der Waals surface area contributed by atoms with Crippen LogP contribution >= 0.6 is 12.2 Å². The number of hydrogen-bond acceptors (Lipinski definition) is 2. The minimum atomic E-state index is -0.191. The number of thiocarbonyl (C=S) groups is 1. The van der Waals surface area contributed by atoms with Gasteiger partial charge in [0.2, 0.25) is 0 Å². The van der Waals surface area contributed by atoms with Gasteiger partial charge in [0.1, 0.15) is 0 Å². The summed E-state index contributed by atoms with van der Waals surface area (Å²) >= 11 is 4.96. The van der Waals surface area contributed by atoms with Gasteiger partial charge in [-0.25, -0.2) is 0 Å². The molecule has 2 atom stereocenters. The van der Waals surface area contributed by atoms with Gasteiger partial charge < -0.3 is 11.1 Å². The second-order valence-electron chi connectivity index (χ2n) is 3.98. The van der Waals surface area contributed by atoms with E-state index in [2.05, 4.69) is 5.32 Å². The topological polar surface area (TPSA) is 38.0 Å². The van der Waals surface area contributed by atoms with Crippen LogP contribution in [-0.4, -0.2) is 24.2 Å². The first-order chi connectivity index (χ1) is 6.74. The van der Waals surface area contributed by atoms with E-state index in [1.54, 1.807) is 0 Å². The summed E-state index contributed by atoms with van der Waals surface area (Å²) in [5.74, 6) is 0.675. The highest BCUT2D eigenvalue weighted by Gasteiger charge is 2.22. The summed E-state index contributed by atoms with van der Waals surface area (Å²) in [6, 6.07) is 0.203. The van der Waals surface area contributed by atoms with Crippen LogP contribution in [0.15, 0.2) is 0 Å². The molecular formula is C10H19FN2S. The van der Waals surface area contributed by atoms with E-state index in [9.17, 15) is 4.39 Å². The van der Waals surface area contributed by atoms with Crippen molar-refractivity contribution in [1.82, 2.24) is 5.32 Å². The van der Waals surface area contributed by atoms with E-state index in [1.807, 2.05) is 0 Å². The molecule has 2 unspecified atom stereocenters. The molecule has 1 aliphatic rings. The van der Waals surface area contributed by atoms with E-state index in [0.717, 1.165) is 25.8 Å². The normalized spacial score (nSPS) is 27.5. The minimum absolute atomic E-state index is 0.191. The van der Waals surface area contributed by atoms with E-state index in [4.69, 9.17) is 18.0 Å². The fraction of sp³-hybridized carbons (Fsp3) is 0.900. The van der Waals surface area contributed by atoms with Gasteiger partial charge in [-0.2, -0.15) is 0 Å². The second-order valence-corrected chi connectivity index (χ2v) is 4.46. The highest BCUT2D eigenvalue weighted by Crippen LogP contribution is 2.22. The lowest BCUT2D eigenvalue weighted by atomic mass is 9.88. The average molecular weight is 218 g/mol. The summed E-state index contributed by atoms with van der Waals surface area (Å²) in [7, 11) is 0. The number of rotatable bonds is 5. The SMILES string of the molecule is NC(=S)C1CC(CCCCF)CCN1. The number of piperidine rings is 1. The predicted molar refractivity (Wildman–Crippen MR) is 61.1 cm³/mol. The Labute approximate surface area is 90.4 Å². The van der Waals surface area contributed by atoms with Crippen LogP contribution in [0.25, 0.3) is 0 Å². The van der Waals surface area contributed by atoms with Crippen LogP contribution in [0.3, 0.4) is 0 Å². The van der Waals surface area contributed by atoms with Crippen LogP contribution in [0.4, 0.5) is 4.39 Å². The molecule has 0 amide bonds. The number of alkyl halides is 1. The maximum Gasteiger partial charge on any atom is 0.0899 e. The zero-order valence-electron chi connectivity index (χ0n) is 8.47. The zero-order chi connectivity index (χ0) is 10.4. The van der Waals surface area contributed by atoms with Gasteiger partial charge in [-0.1, -0.05) is 25.1 Å². The molecule has 14 heavy (non-hydrogen) atoms. The maximum atomic E-state index is 11.9. The molecule has 4 heteroatoms. The molecular weight excluding hydrogens is 199 g/mol. The fourth-order valence-corrected chi connectivity index (χ4v) is 2.18. The predicted octanol–water partition coefficient (Wildman–Crippen LogP) is 1.78. The average Bonchev–Trinajstić information content (AvgIpc) is 2.19. The Hall–Kier alpha value is -0.220. The summed E-state index contributed by atoms with van der Waals surface area (Å²) in [6.45, 7) is 0.798. The van der Waals surface area contributed by atoms with E-state index >= 15 is 0 Å². The first kappa shape index (κ1) is 11.9. The zero-order valence-corrected chi connectivity index (χ0v) is 9.28. The highest BCUT2D eigenvalue weighted by molar-refractivity contribution is 7.80. The number of halogens is 1. The monoisotopic (exact) mass is 218 g/mol. The summed E-state index contributed by atoms with van der Waals surface area (Å²) in [6.07, 6.45) is 5.00. The largest absolute Gasteiger partial charge is 0.392 e. The molecule has 0 radical (unpaired) electrons. The van der Waals surface area contributed by atoms with Gasteiger partial charge in [0.15, 0.2) is 0 Å². The Morgan fingerprint density at radius 3 is 2.93 bits per heavy atom.